The van der Waals surface area contributed by atoms with Crippen molar-refractivity contribution in [2.45, 2.75) is 32.3 Å². The van der Waals surface area contributed by atoms with Crippen LogP contribution in [0.1, 0.15) is 24.5 Å². The van der Waals surface area contributed by atoms with E-state index in [1.807, 2.05) is 37.3 Å². The van der Waals surface area contributed by atoms with E-state index in [2.05, 4.69) is 29.6 Å². The zero-order valence-corrected chi connectivity index (χ0v) is 15.6. The van der Waals surface area contributed by atoms with Crippen LogP contribution in [0.3, 0.4) is 0 Å². The molecule has 138 valence electrons. The van der Waals surface area contributed by atoms with Crippen LogP contribution in [0.4, 0.5) is 5.69 Å². The van der Waals surface area contributed by atoms with Crippen LogP contribution in [0.25, 0.3) is 10.8 Å². The average Bonchev–Trinajstić information content (AvgIpc) is 3.13. The maximum absolute atomic E-state index is 12.8. The molecule has 0 aromatic heterocycles. The number of carbonyl (C=O) groups excluding carboxylic acids is 1. The molecule has 0 spiro atoms. The van der Waals surface area contributed by atoms with Crippen LogP contribution in [-0.4, -0.2) is 19.1 Å². The molecule has 1 amide bonds. The summed E-state index contributed by atoms with van der Waals surface area (Å²) < 4.78 is 11.1. The highest BCUT2D eigenvalue weighted by Gasteiger charge is 2.21. The second-order valence-electron chi connectivity index (χ2n) is 6.79. The molecule has 0 fully saturated rings. The molecule has 0 aliphatic heterocycles. The lowest BCUT2D eigenvalue weighted by atomic mass is 10.0. The zero-order valence-electron chi connectivity index (χ0n) is 15.6. The lowest BCUT2D eigenvalue weighted by Crippen LogP contribution is -2.32. The summed E-state index contributed by atoms with van der Waals surface area (Å²) in [6, 6.07) is 17.7. The number of carbonyl (C=O) groups is 1. The fraction of sp³-hybridized carbons (Fsp3) is 0.261. The van der Waals surface area contributed by atoms with Crippen LogP contribution in [0.15, 0.2) is 54.6 Å². The van der Waals surface area contributed by atoms with E-state index in [1.54, 1.807) is 7.11 Å². The molecular weight excluding hydrogens is 338 g/mol. The first kappa shape index (κ1) is 17.4. The smallest absolute Gasteiger partial charge is 0.265 e. The number of amides is 1. The molecule has 3 aromatic rings. The van der Waals surface area contributed by atoms with Crippen LogP contribution >= 0.6 is 0 Å². The van der Waals surface area contributed by atoms with Gasteiger partial charge in [-0.05, 0) is 66.1 Å². The van der Waals surface area contributed by atoms with Gasteiger partial charge in [-0.25, -0.2) is 0 Å². The summed E-state index contributed by atoms with van der Waals surface area (Å²) in [5.41, 5.74) is 3.57. The van der Waals surface area contributed by atoms with Crippen molar-refractivity contribution in [3.05, 3.63) is 65.7 Å². The first-order valence-corrected chi connectivity index (χ1v) is 9.34. The number of ether oxygens (including phenoxy) is 2. The summed E-state index contributed by atoms with van der Waals surface area (Å²) in [5.74, 6) is 1.28. The second-order valence-corrected chi connectivity index (χ2v) is 6.79. The number of anilines is 1. The Labute approximate surface area is 159 Å². The Kier molecular flexibility index (Phi) is 4.71. The Bertz CT molecular complexity index is 969. The molecule has 0 heterocycles. The van der Waals surface area contributed by atoms with Gasteiger partial charge in [-0.2, -0.15) is 0 Å². The molecule has 4 heteroatoms. The van der Waals surface area contributed by atoms with E-state index in [0.717, 1.165) is 29.7 Å². The van der Waals surface area contributed by atoms with Crippen molar-refractivity contribution in [1.29, 1.82) is 0 Å². The van der Waals surface area contributed by atoms with Gasteiger partial charge in [0.2, 0.25) is 0 Å². The molecule has 4 rings (SSSR count). The Hall–Kier alpha value is -3.01. The van der Waals surface area contributed by atoms with Gasteiger partial charge in [0.1, 0.15) is 11.5 Å². The number of methoxy groups -OCH3 is 1. The van der Waals surface area contributed by atoms with Gasteiger partial charge in [0.15, 0.2) is 6.10 Å². The van der Waals surface area contributed by atoms with Gasteiger partial charge in [-0.15, -0.1) is 0 Å². The van der Waals surface area contributed by atoms with E-state index >= 15 is 0 Å². The molecular formula is C23H23NO3. The molecule has 1 N–H and O–H groups in total. The second kappa shape index (κ2) is 7.31. The Morgan fingerprint density at radius 3 is 2.41 bits per heavy atom. The number of hydrogen-bond donors (Lipinski definition) is 1. The Morgan fingerprint density at radius 1 is 1.00 bits per heavy atom. The van der Waals surface area contributed by atoms with Crippen molar-refractivity contribution in [2.24, 2.45) is 0 Å². The third-order valence-electron chi connectivity index (χ3n) is 5.14. The number of hydrogen-bond acceptors (Lipinski definition) is 3. The molecule has 1 atom stereocenters. The number of aryl methyl sites for hydroxylation is 2. The standard InChI is InChI=1S/C23H23NO3/c1-3-21(27-18-12-10-17(26-2)11-13-18)23(25)24-20-14-9-16-8-7-15-5-4-6-19(20)22(15)16/h4-6,9-14,21H,3,7-8H2,1-2H3,(H,24,25)/t21-/m0/s1. The van der Waals surface area contributed by atoms with E-state index in [9.17, 15) is 4.79 Å². The average molecular weight is 361 g/mol. The fourth-order valence-electron chi connectivity index (χ4n) is 3.71. The summed E-state index contributed by atoms with van der Waals surface area (Å²) in [5, 5.41) is 5.47. The van der Waals surface area contributed by atoms with Crippen molar-refractivity contribution >= 4 is 22.4 Å². The van der Waals surface area contributed by atoms with Crippen molar-refractivity contribution < 1.29 is 14.3 Å². The van der Waals surface area contributed by atoms with E-state index in [-0.39, 0.29) is 5.91 Å². The van der Waals surface area contributed by atoms with Crippen molar-refractivity contribution in [3.8, 4) is 11.5 Å². The minimum Gasteiger partial charge on any atom is -0.497 e. The third kappa shape index (κ3) is 3.35. The van der Waals surface area contributed by atoms with Gasteiger partial charge >= 0.3 is 0 Å². The van der Waals surface area contributed by atoms with Crippen LogP contribution < -0.4 is 14.8 Å². The van der Waals surface area contributed by atoms with Gasteiger partial charge in [0.25, 0.3) is 5.91 Å². The SMILES string of the molecule is CC[C@H](Oc1ccc(OC)cc1)C(=O)Nc1ccc2c3c(cccc13)CC2. The lowest BCUT2D eigenvalue weighted by Gasteiger charge is -2.18. The maximum Gasteiger partial charge on any atom is 0.265 e. The van der Waals surface area contributed by atoms with E-state index < -0.39 is 6.10 Å². The highest BCUT2D eigenvalue weighted by atomic mass is 16.5. The van der Waals surface area contributed by atoms with Gasteiger partial charge in [-0.1, -0.05) is 31.2 Å². The largest absolute Gasteiger partial charge is 0.497 e. The molecule has 4 nitrogen and oxygen atoms in total. The molecule has 1 aliphatic rings. The minimum atomic E-state index is -0.554. The molecule has 0 unspecified atom stereocenters. The predicted molar refractivity (Wildman–Crippen MR) is 108 cm³/mol. The topological polar surface area (TPSA) is 47.6 Å². The molecule has 0 saturated heterocycles. The van der Waals surface area contributed by atoms with Gasteiger partial charge in [-0.3, -0.25) is 4.79 Å². The zero-order chi connectivity index (χ0) is 18.8. The summed E-state index contributed by atoms with van der Waals surface area (Å²) in [4.78, 5) is 12.8. The monoisotopic (exact) mass is 361 g/mol. The van der Waals surface area contributed by atoms with Crippen LogP contribution in [-0.2, 0) is 17.6 Å². The van der Waals surface area contributed by atoms with Gasteiger partial charge in [0, 0.05) is 11.1 Å². The van der Waals surface area contributed by atoms with Crippen molar-refractivity contribution in [1.82, 2.24) is 0 Å². The minimum absolute atomic E-state index is 0.132. The highest BCUT2D eigenvalue weighted by molar-refractivity contribution is 6.06. The molecule has 0 saturated carbocycles. The number of benzene rings is 3. The first-order chi connectivity index (χ1) is 13.2. The normalized spacial score (nSPS) is 13.4. The fourth-order valence-corrected chi connectivity index (χ4v) is 3.71. The molecule has 0 bridgehead atoms. The quantitative estimate of drug-likeness (QED) is 0.690. The van der Waals surface area contributed by atoms with Gasteiger partial charge < -0.3 is 14.8 Å². The Morgan fingerprint density at radius 2 is 1.70 bits per heavy atom. The summed E-state index contributed by atoms with van der Waals surface area (Å²) in [6.07, 6.45) is 2.17. The van der Waals surface area contributed by atoms with E-state index in [1.165, 1.54) is 16.5 Å². The third-order valence-corrected chi connectivity index (χ3v) is 5.14. The summed E-state index contributed by atoms with van der Waals surface area (Å²) in [7, 11) is 1.62. The van der Waals surface area contributed by atoms with Crippen LogP contribution in [0.5, 0.6) is 11.5 Å². The van der Waals surface area contributed by atoms with Crippen LogP contribution in [0.2, 0.25) is 0 Å². The lowest BCUT2D eigenvalue weighted by molar-refractivity contribution is -0.122. The molecule has 3 aromatic carbocycles. The molecule has 1 aliphatic carbocycles. The highest BCUT2D eigenvalue weighted by Crippen LogP contribution is 2.35. The molecule has 27 heavy (non-hydrogen) atoms. The Balaban J connectivity index is 1.55. The summed E-state index contributed by atoms with van der Waals surface area (Å²) >= 11 is 0. The maximum atomic E-state index is 12.8. The van der Waals surface area contributed by atoms with Crippen LogP contribution in [0, 0.1) is 0 Å². The number of rotatable bonds is 6. The van der Waals surface area contributed by atoms with E-state index in [0.29, 0.717) is 12.2 Å². The summed E-state index contributed by atoms with van der Waals surface area (Å²) in [6.45, 7) is 1.95. The molecule has 0 radical (unpaired) electrons. The number of nitrogens with one attached hydrogen (secondary N) is 1. The van der Waals surface area contributed by atoms with E-state index in [4.69, 9.17) is 9.47 Å². The van der Waals surface area contributed by atoms with Crippen molar-refractivity contribution in [3.63, 3.8) is 0 Å². The predicted octanol–water partition coefficient (Wildman–Crippen LogP) is 4.74. The first-order valence-electron chi connectivity index (χ1n) is 9.34. The van der Waals surface area contributed by atoms with Gasteiger partial charge in [0.05, 0.1) is 7.11 Å². The van der Waals surface area contributed by atoms with Crippen molar-refractivity contribution in [2.75, 3.05) is 12.4 Å².